The van der Waals surface area contributed by atoms with Crippen LogP contribution in [0.4, 0.5) is 0 Å². The molecule has 2 N–H and O–H groups in total. The maximum absolute atomic E-state index is 11.4. The van der Waals surface area contributed by atoms with Gasteiger partial charge in [-0.3, -0.25) is 4.79 Å². The molecule has 0 atom stereocenters. The number of aryl methyl sites for hydroxylation is 2. The second-order valence-electron chi connectivity index (χ2n) is 4.44. The Labute approximate surface area is 116 Å². The van der Waals surface area contributed by atoms with E-state index in [0.29, 0.717) is 5.16 Å². The van der Waals surface area contributed by atoms with Crippen LogP contribution in [0.2, 0.25) is 0 Å². The van der Waals surface area contributed by atoms with Gasteiger partial charge in [-0.05, 0) is 32.5 Å². The number of hydrogen-bond acceptors (Lipinski definition) is 4. The van der Waals surface area contributed by atoms with Crippen LogP contribution in [0.15, 0.2) is 39.1 Å². The molecule has 100 valence electrons. The fraction of sp³-hybridized carbons (Fsp3) is 0.286. The summed E-state index contributed by atoms with van der Waals surface area (Å²) in [4.78, 5) is 19.6. The van der Waals surface area contributed by atoms with Gasteiger partial charge in [-0.25, -0.2) is 4.98 Å². The van der Waals surface area contributed by atoms with E-state index in [0.717, 1.165) is 17.1 Å². The van der Waals surface area contributed by atoms with Crippen LogP contribution in [0, 0.1) is 13.8 Å². The highest BCUT2D eigenvalue weighted by molar-refractivity contribution is 7.99. The smallest absolute Gasteiger partial charge is 0.251 e. The first-order valence-electron chi connectivity index (χ1n) is 6.08. The van der Waals surface area contributed by atoms with Gasteiger partial charge >= 0.3 is 0 Å². The summed E-state index contributed by atoms with van der Waals surface area (Å²) in [6, 6.07) is 7.77. The van der Waals surface area contributed by atoms with Gasteiger partial charge in [-0.2, -0.15) is 0 Å². The Morgan fingerprint density at radius 3 is 2.79 bits per heavy atom. The molecule has 1 aromatic heterocycles. The molecule has 0 unspecified atom stereocenters. The molecule has 2 aromatic rings. The van der Waals surface area contributed by atoms with Gasteiger partial charge in [0.2, 0.25) is 0 Å². The van der Waals surface area contributed by atoms with Crippen LogP contribution in [0.3, 0.4) is 0 Å². The molecule has 0 fully saturated rings. The zero-order valence-corrected chi connectivity index (χ0v) is 12.1. The molecule has 4 nitrogen and oxygen atoms in total. The molecule has 0 bridgehead atoms. The average Bonchev–Trinajstić information content (AvgIpc) is 2.32. The fourth-order valence-electron chi connectivity index (χ4n) is 1.84. The van der Waals surface area contributed by atoms with E-state index in [4.69, 9.17) is 0 Å². The molecule has 19 heavy (non-hydrogen) atoms. The molecule has 0 aliphatic heterocycles. The Kier molecular flexibility index (Phi) is 4.39. The number of aromatic amines is 1. The Balaban J connectivity index is 2.34. The highest BCUT2D eigenvalue weighted by Crippen LogP contribution is 2.28. The molecular formula is C14H17N3OS. The minimum atomic E-state index is -0.114. The van der Waals surface area contributed by atoms with Crippen molar-refractivity contribution in [1.82, 2.24) is 15.3 Å². The fourth-order valence-corrected chi connectivity index (χ4v) is 2.79. The highest BCUT2D eigenvalue weighted by atomic mass is 32.2. The lowest BCUT2D eigenvalue weighted by atomic mass is 10.1. The van der Waals surface area contributed by atoms with Crippen LogP contribution in [0.5, 0.6) is 0 Å². The average molecular weight is 275 g/mol. The number of nitrogens with one attached hydrogen (secondary N) is 2. The molecule has 0 aliphatic carbocycles. The van der Waals surface area contributed by atoms with Crippen molar-refractivity contribution in [2.24, 2.45) is 0 Å². The lowest BCUT2D eigenvalue weighted by Gasteiger charge is -2.09. The first kappa shape index (κ1) is 13.8. The van der Waals surface area contributed by atoms with E-state index in [-0.39, 0.29) is 5.56 Å². The van der Waals surface area contributed by atoms with Crippen LogP contribution in [-0.4, -0.2) is 17.0 Å². The Morgan fingerprint density at radius 2 is 2.11 bits per heavy atom. The first-order valence-corrected chi connectivity index (χ1v) is 6.90. The largest absolute Gasteiger partial charge is 0.316 e. The van der Waals surface area contributed by atoms with Gasteiger partial charge in [0.15, 0.2) is 5.16 Å². The summed E-state index contributed by atoms with van der Waals surface area (Å²) >= 11 is 1.48. The summed E-state index contributed by atoms with van der Waals surface area (Å²) in [5.74, 6) is 0. The van der Waals surface area contributed by atoms with Gasteiger partial charge in [0.25, 0.3) is 5.56 Å². The SMILES string of the molecule is CNCc1cc(C)ccc1Sc1nc(C)cc(=O)[nH]1. The number of benzene rings is 1. The third-order valence-corrected chi connectivity index (χ3v) is 3.64. The number of H-pyrrole nitrogens is 1. The lowest BCUT2D eigenvalue weighted by molar-refractivity contribution is 0.801. The molecule has 0 saturated heterocycles. The highest BCUT2D eigenvalue weighted by Gasteiger charge is 2.07. The molecule has 2 rings (SSSR count). The number of nitrogens with zero attached hydrogens (tertiary/aromatic N) is 1. The molecule has 1 aromatic carbocycles. The van der Waals surface area contributed by atoms with E-state index in [9.17, 15) is 4.79 Å². The molecule has 0 aliphatic rings. The van der Waals surface area contributed by atoms with Gasteiger partial charge in [0.05, 0.1) is 0 Å². The van der Waals surface area contributed by atoms with E-state index in [1.54, 1.807) is 0 Å². The zero-order chi connectivity index (χ0) is 13.8. The van der Waals surface area contributed by atoms with Crippen molar-refractivity contribution in [2.75, 3.05) is 7.05 Å². The summed E-state index contributed by atoms with van der Waals surface area (Å²) in [7, 11) is 1.92. The van der Waals surface area contributed by atoms with Crippen LogP contribution >= 0.6 is 11.8 Å². The normalized spacial score (nSPS) is 10.7. The van der Waals surface area contributed by atoms with E-state index >= 15 is 0 Å². The third kappa shape index (κ3) is 3.68. The van der Waals surface area contributed by atoms with E-state index in [1.807, 2.05) is 14.0 Å². The molecular weight excluding hydrogens is 258 g/mol. The summed E-state index contributed by atoms with van der Waals surface area (Å²) in [6.07, 6.45) is 0. The predicted octanol–water partition coefficient (Wildman–Crippen LogP) is 2.26. The second-order valence-corrected chi connectivity index (χ2v) is 5.47. The monoisotopic (exact) mass is 275 g/mol. The van der Waals surface area contributed by atoms with Crippen molar-refractivity contribution in [3.8, 4) is 0 Å². The van der Waals surface area contributed by atoms with Gasteiger partial charge in [0.1, 0.15) is 0 Å². The zero-order valence-electron chi connectivity index (χ0n) is 11.3. The summed E-state index contributed by atoms with van der Waals surface area (Å²) in [5.41, 5.74) is 3.04. The first-order chi connectivity index (χ1) is 9.08. The van der Waals surface area contributed by atoms with Crippen molar-refractivity contribution >= 4 is 11.8 Å². The van der Waals surface area contributed by atoms with Gasteiger partial charge in [0, 0.05) is 23.2 Å². The third-order valence-electron chi connectivity index (χ3n) is 2.64. The Morgan fingerprint density at radius 1 is 1.32 bits per heavy atom. The molecule has 5 heteroatoms. The minimum absolute atomic E-state index is 0.114. The standard InChI is InChI=1S/C14H17N3OS/c1-9-4-5-12(11(6-9)8-15-3)19-14-16-10(2)7-13(18)17-14/h4-7,15H,8H2,1-3H3,(H,16,17,18). The summed E-state index contributed by atoms with van der Waals surface area (Å²) < 4.78 is 0. The Hall–Kier alpha value is -1.59. The van der Waals surface area contributed by atoms with Gasteiger partial charge < -0.3 is 10.3 Å². The predicted molar refractivity (Wildman–Crippen MR) is 77.7 cm³/mol. The van der Waals surface area contributed by atoms with E-state index in [1.165, 1.54) is 29.0 Å². The summed E-state index contributed by atoms with van der Waals surface area (Å²) in [5, 5.41) is 3.79. The molecule has 0 amide bonds. The molecule has 0 saturated carbocycles. The van der Waals surface area contributed by atoms with Crippen LogP contribution < -0.4 is 10.9 Å². The quantitative estimate of drug-likeness (QED) is 0.840. The van der Waals surface area contributed by atoms with Gasteiger partial charge in [-0.1, -0.05) is 29.5 Å². The number of aromatic nitrogens is 2. The number of hydrogen-bond donors (Lipinski definition) is 2. The van der Waals surface area contributed by atoms with Crippen LogP contribution in [-0.2, 0) is 6.54 Å². The van der Waals surface area contributed by atoms with Crippen LogP contribution in [0.25, 0.3) is 0 Å². The molecule has 0 radical (unpaired) electrons. The van der Waals surface area contributed by atoms with Crippen molar-refractivity contribution in [2.45, 2.75) is 30.4 Å². The second kappa shape index (κ2) is 6.04. The summed E-state index contributed by atoms with van der Waals surface area (Å²) in [6.45, 7) is 4.68. The molecule has 0 spiro atoms. The van der Waals surface area contributed by atoms with Gasteiger partial charge in [-0.15, -0.1) is 0 Å². The van der Waals surface area contributed by atoms with Crippen LogP contribution in [0.1, 0.15) is 16.8 Å². The van der Waals surface area contributed by atoms with E-state index < -0.39 is 0 Å². The Bertz CT molecular complexity index is 637. The topological polar surface area (TPSA) is 57.8 Å². The maximum Gasteiger partial charge on any atom is 0.251 e. The van der Waals surface area contributed by atoms with Crippen molar-refractivity contribution in [3.63, 3.8) is 0 Å². The maximum atomic E-state index is 11.4. The van der Waals surface area contributed by atoms with Crippen molar-refractivity contribution in [1.29, 1.82) is 0 Å². The lowest BCUT2D eigenvalue weighted by Crippen LogP contribution is -2.09. The van der Waals surface area contributed by atoms with Crippen molar-refractivity contribution < 1.29 is 0 Å². The number of rotatable bonds is 4. The van der Waals surface area contributed by atoms with E-state index in [2.05, 4.69) is 40.4 Å². The molecule has 1 heterocycles. The van der Waals surface area contributed by atoms with Crippen molar-refractivity contribution in [3.05, 3.63) is 51.4 Å². The minimum Gasteiger partial charge on any atom is -0.316 e.